The number of thiazole rings is 1. The Bertz CT molecular complexity index is 525. The standard InChI is InChI=1S/C14H19N3OS.ClH/c1-10(9-15-2)14(18)16-8-7-13-17-11-5-3-4-6-12(11)19-13;/h3-6,10,15H,7-9H2,1-2H3,(H,16,18);1H. The molecule has 0 aliphatic rings. The minimum atomic E-state index is 0. The molecule has 2 aromatic rings. The summed E-state index contributed by atoms with van der Waals surface area (Å²) in [6.07, 6.45) is 0.789. The molecule has 6 heteroatoms. The van der Waals surface area contributed by atoms with Crippen molar-refractivity contribution in [3.05, 3.63) is 29.3 Å². The van der Waals surface area contributed by atoms with Gasteiger partial charge in [0.15, 0.2) is 0 Å². The number of hydrogen-bond acceptors (Lipinski definition) is 4. The van der Waals surface area contributed by atoms with E-state index in [0.29, 0.717) is 13.1 Å². The number of nitrogens with one attached hydrogen (secondary N) is 2. The Morgan fingerprint density at radius 3 is 2.85 bits per heavy atom. The topological polar surface area (TPSA) is 54.0 Å². The number of para-hydroxylation sites is 1. The average molecular weight is 314 g/mol. The van der Waals surface area contributed by atoms with Gasteiger partial charge in [-0.25, -0.2) is 4.98 Å². The van der Waals surface area contributed by atoms with Gasteiger partial charge in [0.25, 0.3) is 0 Å². The number of carbonyl (C=O) groups is 1. The highest BCUT2D eigenvalue weighted by atomic mass is 35.5. The van der Waals surface area contributed by atoms with Crippen LogP contribution in [0.25, 0.3) is 10.2 Å². The van der Waals surface area contributed by atoms with Crippen LogP contribution in [0.4, 0.5) is 0 Å². The van der Waals surface area contributed by atoms with Crippen molar-refractivity contribution in [2.24, 2.45) is 5.92 Å². The van der Waals surface area contributed by atoms with Gasteiger partial charge in [0.1, 0.15) is 0 Å². The molecule has 110 valence electrons. The summed E-state index contributed by atoms with van der Waals surface area (Å²) in [7, 11) is 1.85. The first-order valence-electron chi connectivity index (χ1n) is 6.47. The third kappa shape index (κ3) is 4.44. The normalized spacial score (nSPS) is 11.9. The number of amides is 1. The van der Waals surface area contributed by atoms with Gasteiger partial charge in [-0.15, -0.1) is 23.7 Å². The molecule has 20 heavy (non-hydrogen) atoms. The van der Waals surface area contributed by atoms with E-state index in [-0.39, 0.29) is 24.2 Å². The van der Waals surface area contributed by atoms with Crippen molar-refractivity contribution in [1.29, 1.82) is 0 Å². The summed E-state index contributed by atoms with van der Waals surface area (Å²) < 4.78 is 1.20. The Kier molecular flexibility index (Phi) is 6.91. The number of rotatable bonds is 6. The first-order valence-corrected chi connectivity index (χ1v) is 7.29. The van der Waals surface area contributed by atoms with Crippen molar-refractivity contribution in [2.75, 3.05) is 20.1 Å². The van der Waals surface area contributed by atoms with Crippen molar-refractivity contribution >= 4 is 39.9 Å². The molecule has 1 aromatic heterocycles. The summed E-state index contributed by atoms with van der Waals surface area (Å²) in [4.78, 5) is 16.3. The Balaban J connectivity index is 0.00000200. The maximum absolute atomic E-state index is 11.7. The van der Waals surface area contributed by atoms with Gasteiger partial charge >= 0.3 is 0 Å². The van der Waals surface area contributed by atoms with Crippen LogP contribution in [0.2, 0.25) is 0 Å². The molecule has 0 bridgehead atoms. The third-order valence-corrected chi connectivity index (χ3v) is 4.03. The van der Waals surface area contributed by atoms with E-state index in [1.165, 1.54) is 4.70 Å². The minimum absolute atomic E-state index is 0. The lowest BCUT2D eigenvalue weighted by Gasteiger charge is -2.10. The number of nitrogens with zero attached hydrogens (tertiary/aromatic N) is 1. The van der Waals surface area contributed by atoms with E-state index in [9.17, 15) is 4.79 Å². The van der Waals surface area contributed by atoms with Gasteiger partial charge < -0.3 is 10.6 Å². The molecule has 1 heterocycles. The quantitative estimate of drug-likeness (QED) is 0.860. The number of halogens is 1. The minimum Gasteiger partial charge on any atom is -0.355 e. The van der Waals surface area contributed by atoms with Crippen LogP contribution in [-0.4, -0.2) is 31.0 Å². The van der Waals surface area contributed by atoms with Crippen LogP contribution in [0, 0.1) is 5.92 Å². The van der Waals surface area contributed by atoms with Gasteiger partial charge in [-0.1, -0.05) is 19.1 Å². The van der Waals surface area contributed by atoms with Gasteiger partial charge in [-0.05, 0) is 19.2 Å². The van der Waals surface area contributed by atoms with Gasteiger partial charge in [0.05, 0.1) is 15.2 Å². The highest BCUT2D eigenvalue weighted by Crippen LogP contribution is 2.21. The lowest BCUT2D eigenvalue weighted by atomic mass is 10.1. The van der Waals surface area contributed by atoms with Crippen LogP contribution in [0.1, 0.15) is 11.9 Å². The molecule has 0 aliphatic carbocycles. The van der Waals surface area contributed by atoms with Gasteiger partial charge in [0, 0.05) is 25.4 Å². The smallest absolute Gasteiger partial charge is 0.224 e. The largest absolute Gasteiger partial charge is 0.355 e. The Hall–Kier alpha value is -1.17. The summed E-state index contributed by atoms with van der Waals surface area (Å²) in [5, 5.41) is 7.02. The van der Waals surface area contributed by atoms with E-state index in [1.807, 2.05) is 32.2 Å². The van der Waals surface area contributed by atoms with E-state index < -0.39 is 0 Å². The maximum Gasteiger partial charge on any atom is 0.224 e. The van der Waals surface area contributed by atoms with E-state index in [1.54, 1.807) is 11.3 Å². The van der Waals surface area contributed by atoms with Crippen molar-refractivity contribution in [3.8, 4) is 0 Å². The third-order valence-electron chi connectivity index (χ3n) is 2.93. The van der Waals surface area contributed by atoms with Crippen LogP contribution < -0.4 is 10.6 Å². The molecule has 0 aliphatic heterocycles. The fraction of sp³-hybridized carbons (Fsp3) is 0.429. The predicted octanol–water partition coefficient (Wildman–Crippen LogP) is 2.23. The molecular formula is C14H20ClN3OS. The first-order chi connectivity index (χ1) is 9.20. The second kappa shape index (κ2) is 8.19. The van der Waals surface area contributed by atoms with Gasteiger partial charge in [0.2, 0.25) is 5.91 Å². The molecule has 1 aromatic carbocycles. The summed E-state index contributed by atoms with van der Waals surface area (Å²) in [5.41, 5.74) is 1.04. The number of benzene rings is 1. The highest BCUT2D eigenvalue weighted by molar-refractivity contribution is 7.18. The summed E-state index contributed by atoms with van der Waals surface area (Å²) in [5.74, 6) is 0.0934. The molecule has 4 nitrogen and oxygen atoms in total. The van der Waals surface area contributed by atoms with Crippen LogP contribution in [-0.2, 0) is 11.2 Å². The van der Waals surface area contributed by atoms with Crippen molar-refractivity contribution in [3.63, 3.8) is 0 Å². The molecule has 2 N–H and O–H groups in total. The number of aromatic nitrogens is 1. The predicted molar refractivity (Wildman–Crippen MR) is 86.7 cm³/mol. The fourth-order valence-corrected chi connectivity index (χ4v) is 2.86. The summed E-state index contributed by atoms with van der Waals surface area (Å²) in [6.45, 7) is 3.27. The van der Waals surface area contributed by atoms with Gasteiger partial charge in [-0.2, -0.15) is 0 Å². The monoisotopic (exact) mass is 313 g/mol. The Labute approximate surface area is 129 Å². The molecular weight excluding hydrogens is 294 g/mol. The molecule has 1 atom stereocenters. The molecule has 1 amide bonds. The number of fused-ring (bicyclic) bond motifs is 1. The second-order valence-electron chi connectivity index (χ2n) is 4.58. The van der Waals surface area contributed by atoms with E-state index in [0.717, 1.165) is 16.9 Å². The summed E-state index contributed by atoms with van der Waals surface area (Å²) >= 11 is 1.69. The van der Waals surface area contributed by atoms with Crippen molar-refractivity contribution < 1.29 is 4.79 Å². The molecule has 0 saturated carbocycles. The molecule has 0 saturated heterocycles. The van der Waals surface area contributed by atoms with E-state index >= 15 is 0 Å². The fourth-order valence-electron chi connectivity index (χ4n) is 1.89. The van der Waals surface area contributed by atoms with Crippen molar-refractivity contribution in [2.45, 2.75) is 13.3 Å². The lowest BCUT2D eigenvalue weighted by molar-refractivity contribution is -0.124. The zero-order valence-electron chi connectivity index (χ0n) is 11.7. The molecule has 1 unspecified atom stereocenters. The molecule has 0 radical (unpaired) electrons. The van der Waals surface area contributed by atoms with Crippen molar-refractivity contribution in [1.82, 2.24) is 15.6 Å². The zero-order valence-corrected chi connectivity index (χ0v) is 13.3. The van der Waals surface area contributed by atoms with E-state index in [2.05, 4.69) is 21.7 Å². The van der Waals surface area contributed by atoms with Gasteiger partial charge in [-0.3, -0.25) is 4.79 Å². The molecule has 0 fully saturated rings. The highest BCUT2D eigenvalue weighted by Gasteiger charge is 2.11. The molecule has 0 spiro atoms. The molecule has 2 rings (SSSR count). The SMILES string of the molecule is CNCC(C)C(=O)NCCc1nc2ccccc2s1.Cl. The number of carbonyl (C=O) groups excluding carboxylic acids is 1. The van der Waals surface area contributed by atoms with Crippen LogP contribution in [0.5, 0.6) is 0 Å². The summed E-state index contributed by atoms with van der Waals surface area (Å²) in [6, 6.07) is 8.10. The maximum atomic E-state index is 11.7. The Morgan fingerprint density at radius 1 is 1.40 bits per heavy atom. The Morgan fingerprint density at radius 2 is 2.15 bits per heavy atom. The second-order valence-corrected chi connectivity index (χ2v) is 5.69. The van der Waals surface area contributed by atoms with E-state index in [4.69, 9.17) is 0 Å². The first kappa shape index (κ1) is 16.9. The van der Waals surface area contributed by atoms with Crippen LogP contribution in [0.15, 0.2) is 24.3 Å². The average Bonchev–Trinajstić information content (AvgIpc) is 2.81. The van der Waals surface area contributed by atoms with Crippen LogP contribution in [0.3, 0.4) is 0 Å². The van der Waals surface area contributed by atoms with Crippen LogP contribution >= 0.6 is 23.7 Å². The number of hydrogen-bond donors (Lipinski definition) is 2. The lowest BCUT2D eigenvalue weighted by Crippen LogP contribution is -2.35. The zero-order chi connectivity index (χ0) is 13.7.